The molecule has 3 aromatic rings. The number of carbonyl (C=O) groups excluding carboxylic acids is 2. The molecule has 0 radical (unpaired) electrons. The zero-order valence-electron chi connectivity index (χ0n) is 18.5. The van der Waals surface area contributed by atoms with E-state index in [0.29, 0.717) is 27.9 Å². The van der Waals surface area contributed by atoms with Gasteiger partial charge in [-0.15, -0.1) is 11.3 Å². The highest BCUT2D eigenvalue weighted by molar-refractivity contribution is 7.93. The first-order valence-electron chi connectivity index (χ1n) is 9.66. The lowest BCUT2D eigenvalue weighted by atomic mass is 9.91. The Morgan fingerprint density at radius 3 is 2.52 bits per heavy atom. The molecule has 0 spiro atoms. The number of esters is 1. The number of methoxy groups -OCH3 is 1. The summed E-state index contributed by atoms with van der Waals surface area (Å²) in [5.74, 6) is -1.13. The highest BCUT2D eigenvalue weighted by atomic mass is 35.5. The van der Waals surface area contributed by atoms with Gasteiger partial charge in [0.05, 0.1) is 13.5 Å². The van der Waals surface area contributed by atoms with Crippen molar-refractivity contribution in [1.29, 1.82) is 0 Å². The molecule has 0 aliphatic carbocycles. The van der Waals surface area contributed by atoms with E-state index in [0.717, 1.165) is 16.9 Å². The Labute approximate surface area is 200 Å². The number of aryl methyl sites for hydroxylation is 3. The maximum atomic E-state index is 13.2. The molecule has 3 rings (SSSR count). The van der Waals surface area contributed by atoms with Crippen LogP contribution in [-0.2, 0) is 26.0 Å². The van der Waals surface area contributed by atoms with Crippen molar-refractivity contribution in [2.45, 2.75) is 39.0 Å². The van der Waals surface area contributed by atoms with Crippen LogP contribution in [0.15, 0.2) is 26.9 Å². The minimum Gasteiger partial charge on any atom is -0.469 e. The van der Waals surface area contributed by atoms with Crippen molar-refractivity contribution < 1.29 is 27.3 Å². The molecule has 0 bridgehead atoms. The van der Waals surface area contributed by atoms with Gasteiger partial charge in [0, 0.05) is 5.56 Å². The van der Waals surface area contributed by atoms with E-state index in [4.69, 9.17) is 20.9 Å². The van der Waals surface area contributed by atoms with E-state index in [1.807, 2.05) is 13.0 Å². The molecule has 0 atom stereocenters. The summed E-state index contributed by atoms with van der Waals surface area (Å²) >= 11 is 7.05. The van der Waals surface area contributed by atoms with Crippen molar-refractivity contribution in [1.82, 2.24) is 5.16 Å². The number of halogens is 1. The maximum Gasteiger partial charge on any atom is 0.309 e. The Bertz CT molecular complexity index is 1340. The molecular formula is C21H22ClN3O6S2. The number of benzene rings is 1. The molecule has 1 aromatic carbocycles. The Balaban J connectivity index is 1.93. The number of hydrogen-bond acceptors (Lipinski definition) is 8. The van der Waals surface area contributed by atoms with Gasteiger partial charge in [0.2, 0.25) is 0 Å². The lowest BCUT2D eigenvalue weighted by Gasteiger charge is -2.17. The topological polar surface area (TPSA) is 128 Å². The van der Waals surface area contributed by atoms with Gasteiger partial charge in [-0.05, 0) is 61.4 Å². The number of sulfonamides is 1. The van der Waals surface area contributed by atoms with Crippen LogP contribution >= 0.6 is 22.9 Å². The predicted molar refractivity (Wildman–Crippen MR) is 126 cm³/mol. The van der Waals surface area contributed by atoms with Gasteiger partial charge in [0.1, 0.15) is 20.6 Å². The van der Waals surface area contributed by atoms with Gasteiger partial charge in [0.15, 0.2) is 0 Å². The summed E-state index contributed by atoms with van der Waals surface area (Å²) in [6.07, 6.45) is 0.0225. The third kappa shape index (κ3) is 5.05. The maximum absolute atomic E-state index is 13.2. The van der Waals surface area contributed by atoms with Crippen LogP contribution in [0.2, 0.25) is 5.02 Å². The third-order valence-electron chi connectivity index (χ3n) is 5.07. The van der Waals surface area contributed by atoms with Gasteiger partial charge < -0.3 is 14.6 Å². The summed E-state index contributed by atoms with van der Waals surface area (Å²) < 4.78 is 37.7. The first-order chi connectivity index (χ1) is 15.5. The second kappa shape index (κ2) is 9.54. The monoisotopic (exact) mass is 511 g/mol. The van der Waals surface area contributed by atoms with Gasteiger partial charge in [-0.25, -0.2) is 13.1 Å². The minimum atomic E-state index is -4.13. The zero-order chi connectivity index (χ0) is 24.5. The van der Waals surface area contributed by atoms with Crippen LogP contribution < -0.4 is 10.0 Å². The quantitative estimate of drug-likeness (QED) is 0.450. The number of hydrogen-bond donors (Lipinski definition) is 2. The number of aromatic nitrogens is 1. The number of anilines is 2. The Morgan fingerprint density at radius 2 is 1.91 bits per heavy atom. The van der Waals surface area contributed by atoms with Crippen LogP contribution in [0.3, 0.4) is 0 Å². The molecule has 2 aromatic heterocycles. The third-order valence-corrected chi connectivity index (χ3v) is 7.85. The summed E-state index contributed by atoms with van der Waals surface area (Å²) in [5, 5.41) is 8.00. The van der Waals surface area contributed by atoms with Crippen molar-refractivity contribution in [3.8, 4) is 0 Å². The molecule has 0 saturated heterocycles. The van der Waals surface area contributed by atoms with E-state index in [-0.39, 0.29) is 27.2 Å². The van der Waals surface area contributed by atoms with Crippen LogP contribution in [0.25, 0.3) is 0 Å². The summed E-state index contributed by atoms with van der Waals surface area (Å²) in [6.45, 7) is 6.94. The van der Waals surface area contributed by atoms with E-state index >= 15 is 0 Å². The first kappa shape index (κ1) is 24.7. The molecule has 2 N–H and O–H groups in total. The number of amides is 1. The fourth-order valence-electron chi connectivity index (χ4n) is 3.43. The predicted octanol–water partition coefficient (Wildman–Crippen LogP) is 4.39. The van der Waals surface area contributed by atoms with Gasteiger partial charge in [-0.2, -0.15) is 0 Å². The normalized spacial score (nSPS) is 11.3. The van der Waals surface area contributed by atoms with E-state index in [1.165, 1.54) is 18.6 Å². The molecule has 0 aliphatic heterocycles. The number of carbonyl (C=O) groups is 2. The average Bonchev–Trinajstić information content (AvgIpc) is 3.33. The first-order valence-corrected chi connectivity index (χ1v) is 12.4. The molecule has 0 unspecified atom stereocenters. The van der Waals surface area contributed by atoms with Gasteiger partial charge >= 0.3 is 5.97 Å². The van der Waals surface area contributed by atoms with Crippen LogP contribution in [0, 0.1) is 27.7 Å². The summed E-state index contributed by atoms with van der Waals surface area (Å²) in [5.41, 5.74) is 3.56. The van der Waals surface area contributed by atoms with Crippen molar-refractivity contribution in [3.63, 3.8) is 0 Å². The molecule has 0 aliphatic rings. The molecule has 1 amide bonds. The number of nitrogens with one attached hydrogen (secondary N) is 2. The van der Waals surface area contributed by atoms with Gasteiger partial charge in [-0.3, -0.25) is 9.59 Å². The standard InChI is InChI=1S/C21H22ClN3O6S2/c1-10-8-11(2)17(12(3)14(10)9-16(26)30-5)19(27)23-21-15(6-7-32-21)33(28,29)25-20-18(22)13(4)24-31-20/h6-8,25H,9H2,1-5H3,(H,23,27). The van der Waals surface area contributed by atoms with Gasteiger partial charge in [-0.1, -0.05) is 22.8 Å². The van der Waals surface area contributed by atoms with E-state index < -0.39 is 21.9 Å². The molecule has 0 fully saturated rings. The lowest BCUT2D eigenvalue weighted by molar-refractivity contribution is -0.139. The van der Waals surface area contributed by atoms with Crippen molar-refractivity contribution in [2.75, 3.05) is 17.1 Å². The van der Waals surface area contributed by atoms with E-state index in [9.17, 15) is 18.0 Å². The Morgan fingerprint density at radius 1 is 1.21 bits per heavy atom. The fraction of sp³-hybridized carbons (Fsp3) is 0.286. The van der Waals surface area contributed by atoms with E-state index in [1.54, 1.807) is 20.8 Å². The molecular weight excluding hydrogens is 490 g/mol. The van der Waals surface area contributed by atoms with Crippen LogP contribution in [0.4, 0.5) is 10.9 Å². The smallest absolute Gasteiger partial charge is 0.309 e. The van der Waals surface area contributed by atoms with Crippen LogP contribution in [0.5, 0.6) is 0 Å². The molecule has 33 heavy (non-hydrogen) atoms. The van der Waals surface area contributed by atoms with Crippen molar-refractivity contribution >= 4 is 55.7 Å². The summed E-state index contributed by atoms with van der Waals surface area (Å²) in [6, 6.07) is 3.17. The van der Waals surface area contributed by atoms with Crippen LogP contribution in [-0.4, -0.2) is 32.6 Å². The molecule has 12 heteroatoms. The number of ether oxygens (including phenoxy) is 1. The number of thiophene rings is 1. The summed E-state index contributed by atoms with van der Waals surface area (Å²) in [7, 11) is -2.83. The minimum absolute atomic E-state index is 0.0225. The second-order valence-electron chi connectivity index (χ2n) is 7.33. The number of rotatable bonds is 7. The molecule has 0 saturated carbocycles. The highest BCUT2D eigenvalue weighted by Gasteiger charge is 2.26. The highest BCUT2D eigenvalue weighted by Crippen LogP contribution is 2.33. The second-order valence-corrected chi connectivity index (χ2v) is 10.3. The average molecular weight is 512 g/mol. The Kier molecular flexibility index (Phi) is 7.15. The fourth-order valence-corrected chi connectivity index (χ4v) is 5.87. The molecule has 9 nitrogen and oxygen atoms in total. The molecule has 2 heterocycles. The largest absolute Gasteiger partial charge is 0.469 e. The zero-order valence-corrected chi connectivity index (χ0v) is 20.9. The Hall–Kier alpha value is -2.89. The number of nitrogens with zero attached hydrogens (tertiary/aromatic N) is 1. The van der Waals surface area contributed by atoms with Crippen molar-refractivity contribution in [2.24, 2.45) is 0 Å². The van der Waals surface area contributed by atoms with Crippen LogP contribution in [0.1, 0.15) is 38.3 Å². The summed E-state index contributed by atoms with van der Waals surface area (Å²) in [4.78, 5) is 24.9. The lowest BCUT2D eigenvalue weighted by Crippen LogP contribution is -2.20. The van der Waals surface area contributed by atoms with E-state index in [2.05, 4.69) is 15.2 Å². The molecule has 176 valence electrons. The SMILES string of the molecule is COC(=O)Cc1c(C)cc(C)c(C(=O)Nc2sccc2S(=O)(=O)Nc2onc(C)c2Cl)c1C. The van der Waals surface area contributed by atoms with Crippen molar-refractivity contribution in [3.05, 3.63) is 56.0 Å². The van der Waals surface area contributed by atoms with Gasteiger partial charge in [0.25, 0.3) is 21.8 Å².